The predicted molar refractivity (Wildman–Crippen MR) is 77.5 cm³/mol. The summed E-state index contributed by atoms with van der Waals surface area (Å²) >= 11 is 0. The van der Waals surface area contributed by atoms with Gasteiger partial charge in [-0.1, -0.05) is 0 Å². The first-order chi connectivity index (χ1) is 10.8. The van der Waals surface area contributed by atoms with Crippen molar-refractivity contribution in [2.24, 2.45) is 5.41 Å². The van der Waals surface area contributed by atoms with Crippen LogP contribution in [0.3, 0.4) is 0 Å². The average Bonchev–Trinajstić information content (AvgIpc) is 2.47. The van der Waals surface area contributed by atoms with Crippen molar-refractivity contribution in [1.29, 1.82) is 0 Å². The molecule has 1 amide bonds. The first kappa shape index (κ1) is 21.1. The van der Waals surface area contributed by atoms with Gasteiger partial charge in [0.1, 0.15) is 11.2 Å². The summed E-state index contributed by atoms with van der Waals surface area (Å²) in [5, 5.41) is 21.4. The van der Waals surface area contributed by atoms with E-state index in [1.54, 1.807) is 19.2 Å². The van der Waals surface area contributed by atoms with Gasteiger partial charge in [-0.15, -0.1) is 0 Å². The molecule has 0 unspecified atom stereocenters. The van der Waals surface area contributed by atoms with E-state index in [-0.39, 0.29) is 0 Å². The highest BCUT2D eigenvalue weighted by atomic mass is 19.4. The average molecular weight is 351 g/mol. The Balaban J connectivity index is 0.000000640. The number of hydrogen-bond donors (Lipinski definition) is 4. The van der Waals surface area contributed by atoms with Crippen LogP contribution >= 0.6 is 0 Å². The molecule has 1 aromatic heterocycles. The van der Waals surface area contributed by atoms with E-state index < -0.39 is 29.4 Å². The Hall–Kier alpha value is -2.85. The molecule has 0 spiro atoms. The zero-order valence-electron chi connectivity index (χ0n) is 12.9. The van der Waals surface area contributed by atoms with Crippen LogP contribution < -0.4 is 10.6 Å². The third-order valence-corrected chi connectivity index (χ3v) is 2.62. The van der Waals surface area contributed by atoms with Gasteiger partial charge in [0.25, 0.3) is 0 Å². The highest BCUT2D eigenvalue weighted by Crippen LogP contribution is 2.19. The number of nitrogens with zero attached hydrogens (tertiary/aromatic N) is 1. The number of carbonyl (C=O) groups excluding carboxylic acids is 1. The third-order valence-electron chi connectivity index (χ3n) is 2.62. The summed E-state index contributed by atoms with van der Waals surface area (Å²) in [5.74, 6) is -3.84. The molecule has 11 heteroatoms. The zero-order valence-corrected chi connectivity index (χ0v) is 12.9. The maximum Gasteiger partial charge on any atom is 0.490 e. The molecule has 1 rings (SSSR count). The van der Waals surface area contributed by atoms with E-state index in [1.165, 1.54) is 20.0 Å². The molecular weight excluding hydrogens is 335 g/mol. The number of carboxylic acids is 2. The molecule has 0 fully saturated rings. The lowest BCUT2D eigenvalue weighted by molar-refractivity contribution is -0.192. The van der Waals surface area contributed by atoms with Gasteiger partial charge >= 0.3 is 18.1 Å². The van der Waals surface area contributed by atoms with Gasteiger partial charge in [0.05, 0.1) is 11.9 Å². The summed E-state index contributed by atoms with van der Waals surface area (Å²) < 4.78 is 31.7. The fraction of sp³-hybridized carbons (Fsp3) is 0.385. The minimum atomic E-state index is -5.08. The zero-order chi connectivity index (χ0) is 19.1. The lowest BCUT2D eigenvalue weighted by atomic mass is 9.92. The molecule has 8 nitrogen and oxygen atoms in total. The van der Waals surface area contributed by atoms with Crippen LogP contribution in [-0.4, -0.2) is 46.3 Å². The van der Waals surface area contributed by atoms with Gasteiger partial charge in [0, 0.05) is 7.05 Å². The van der Waals surface area contributed by atoms with Crippen molar-refractivity contribution in [2.75, 3.05) is 17.7 Å². The van der Waals surface area contributed by atoms with Crippen molar-refractivity contribution in [3.63, 3.8) is 0 Å². The number of carbonyl (C=O) groups is 3. The van der Waals surface area contributed by atoms with Crippen molar-refractivity contribution in [3.05, 3.63) is 18.3 Å². The second-order valence-electron chi connectivity index (χ2n) is 4.87. The first-order valence-electron chi connectivity index (χ1n) is 6.31. The largest absolute Gasteiger partial charge is 0.490 e. The molecular formula is C13H16F3N3O5. The van der Waals surface area contributed by atoms with Crippen LogP contribution in [0.15, 0.2) is 18.3 Å². The van der Waals surface area contributed by atoms with Gasteiger partial charge < -0.3 is 20.8 Å². The maximum absolute atomic E-state index is 11.7. The molecule has 0 radical (unpaired) electrons. The standard InChI is InChI=1S/C11H15N3O3.C2HF3O2/c1-11(2,10(16)17)9(15)14-7-4-5-8(12-3)13-6-7;3-2(4,5)1(6)7/h4-6H,1-3H3,(H,12,13)(H,14,15)(H,16,17);(H,6,7). The lowest BCUT2D eigenvalue weighted by Crippen LogP contribution is -2.37. The number of hydrogen-bond acceptors (Lipinski definition) is 5. The number of rotatable bonds is 4. The molecule has 0 atom stereocenters. The van der Waals surface area contributed by atoms with Crippen molar-refractivity contribution in [3.8, 4) is 0 Å². The van der Waals surface area contributed by atoms with Gasteiger partial charge in [-0.05, 0) is 26.0 Å². The molecule has 0 aromatic carbocycles. The fourth-order valence-corrected chi connectivity index (χ4v) is 1.00. The Bertz CT molecular complexity index is 600. The summed E-state index contributed by atoms with van der Waals surface area (Å²) in [6.07, 6.45) is -3.62. The van der Waals surface area contributed by atoms with Crippen LogP contribution in [0.2, 0.25) is 0 Å². The van der Waals surface area contributed by atoms with Crippen LogP contribution in [-0.2, 0) is 14.4 Å². The summed E-state index contributed by atoms with van der Waals surface area (Å²) in [6, 6.07) is 3.33. The molecule has 0 aliphatic rings. The van der Waals surface area contributed by atoms with Crippen molar-refractivity contribution < 1.29 is 37.8 Å². The number of anilines is 2. The van der Waals surface area contributed by atoms with Crippen LogP contribution in [0.25, 0.3) is 0 Å². The van der Waals surface area contributed by atoms with Gasteiger partial charge in [0.2, 0.25) is 5.91 Å². The first-order valence-corrected chi connectivity index (χ1v) is 6.31. The summed E-state index contributed by atoms with van der Waals surface area (Å²) in [4.78, 5) is 35.5. The quantitative estimate of drug-likeness (QED) is 0.609. The highest BCUT2D eigenvalue weighted by molar-refractivity contribution is 6.07. The molecule has 0 aliphatic heterocycles. The van der Waals surface area contributed by atoms with Crippen LogP contribution in [0, 0.1) is 5.41 Å². The van der Waals surface area contributed by atoms with Crippen molar-refractivity contribution in [1.82, 2.24) is 4.98 Å². The van der Waals surface area contributed by atoms with Crippen molar-refractivity contribution in [2.45, 2.75) is 20.0 Å². The number of halogens is 3. The number of amides is 1. The molecule has 134 valence electrons. The summed E-state index contributed by atoms with van der Waals surface area (Å²) in [7, 11) is 1.73. The second kappa shape index (κ2) is 8.13. The molecule has 0 saturated heterocycles. The number of aromatic nitrogens is 1. The minimum Gasteiger partial charge on any atom is -0.480 e. The van der Waals surface area contributed by atoms with E-state index in [0.29, 0.717) is 11.5 Å². The van der Waals surface area contributed by atoms with E-state index in [9.17, 15) is 22.8 Å². The normalized spacial score (nSPS) is 10.9. The minimum absolute atomic E-state index is 0.461. The number of alkyl halides is 3. The van der Waals surface area contributed by atoms with E-state index in [0.717, 1.165) is 0 Å². The van der Waals surface area contributed by atoms with E-state index in [2.05, 4.69) is 15.6 Å². The fourth-order valence-electron chi connectivity index (χ4n) is 1.00. The van der Waals surface area contributed by atoms with Gasteiger partial charge in [0.15, 0.2) is 0 Å². The third kappa shape index (κ3) is 6.50. The number of aliphatic carboxylic acids is 2. The van der Waals surface area contributed by atoms with E-state index in [1.807, 2.05) is 0 Å². The maximum atomic E-state index is 11.7. The predicted octanol–water partition coefficient (Wildman–Crippen LogP) is 1.81. The molecule has 0 aliphatic carbocycles. The Kier molecular flexibility index (Phi) is 7.16. The van der Waals surface area contributed by atoms with Crippen molar-refractivity contribution >= 4 is 29.4 Å². The van der Waals surface area contributed by atoms with Crippen LogP contribution in [0.1, 0.15) is 13.8 Å². The van der Waals surface area contributed by atoms with Gasteiger partial charge in [-0.3, -0.25) is 9.59 Å². The van der Waals surface area contributed by atoms with Crippen LogP contribution in [0.5, 0.6) is 0 Å². The molecule has 4 N–H and O–H groups in total. The van der Waals surface area contributed by atoms with Gasteiger partial charge in [-0.25, -0.2) is 9.78 Å². The Morgan fingerprint density at radius 1 is 1.08 bits per heavy atom. The number of carboxylic acid groups (broad SMARTS) is 2. The Morgan fingerprint density at radius 2 is 1.58 bits per heavy atom. The highest BCUT2D eigenvalue weighted by Gasteiger charge is 2.38. The molecule has 0 bridgehead atoms. The SMILES string of the molecule is CNc1ccc(NC(=O)C(C)(C)C(=O)O)cn1.O=C(O)C(F)(F)F. The van der Waals surface area contributed by atoms with E-state index >= 15 is 0 Å². The number of pyridine rings is 1. The molecule has 24 heavy (non-hydrogen) atoms. The topological polar surface area (TPSA) is 129 Å². The lowest BCUT2D eigenvalue weighted by Gasteiger charge is -2.18. The van der Waals surface area contributed by atoms with Crippen LogP contribution in [0.4, 0.5) is 24.7 Å². The Morgan fingerprint density at radius 3 is 1.88 bits per heavy atom. The molecule has 1 aromatic rings. The van der Waals surface area contributed by atoms with E-state index in [4.69, 9.17) is 15.0 Å². The smallest absolute Gasteiger partial charge is 0.480 e. The Labute approximate surface area is 134 Å². The molecule has 0 saturated carbocycles. The monoisotopic (exact) mass is 351 g/mol. The summed E-state index contributed by atoms with van der Waals surface area (Å²) in [6.45, 7) is 2.69. The second-order valence-corrected chi connectivity index (χ2v) is 4.87. The molecule has 1 heterocycles. The van der Waals surface area contributed by atoms with Gasteiger partial charge in [-0.2, -0.15) is 13.2 Å². The summed E-state index contributed by atoms with van der Waals surface area (Å²) in [5.41, 5.74) is -1.01. The number of nitrogens with one attached hydrogen (secondary N) is 2.